The van der Waals surface area contributed by atoms with Crippen molar-refractivity contribution < 1.29 is 19.0 Å². The van der Waals surface area contributed by atoms with Gasteiger partial charge in [-0.2, -0.15) is 0 Å². The van der Waals surface area contributed by atoms with Crippen LogP contribution < -0.4 is 19.5 Å². The van der Waals surface area contributed by atoms with Gasteiger partial charge >= 0.3 is 0 Å². The molecule has 0 atom stereocenters. The van der Waals surface area contributed by atoms with E-state index in [0.29, 0.717) is 35.1 Å². The molecule has 0 bridgehead atoms. The van der Waals surface area contributed by atoms with Crippen molar-refractivity contribution in [1.29, 1.82) is 0 Å². The van der Waals surface area contributed by atoms with E-state index < -0.39 is 0 Å². The van der Waals surface area contributed by atoms with E-state index >= 15 is 0 Å². The van der Waals surface area contributed by atoms with E-state index in [-0.39, 0.29) is 5.91 Å². The van der Waals surface area contributed by atoms with Crippen LogP contribution in [0.4, 0.5) is 0 Å². The van der Waals surface area contributed by atoms with E-state index in [9.17, 15) is 4.79 Å². The summed E-state index contributed by atoms with van der Waals surface area (Å²) in [7, 11) is 4.64. The Hall–Kier alpha value is -2.40. The molecule has 2 rings (SSSR count). The fourth-order valence-corrected chi connectivity index (χ4v) is 2.85. The topological polar surface area (TPSA) is 56.8 Å². The lowest BCUT2D eigenvalue weighted by molar-refractivity contribution is 0.0953. The first-order valence-electron chi connectivity index (χ1n) is 7.83. The first-order valence-corrected chi connectivity index (χ1v) is 8.21. The number of halogens is 1. The van der Waals surface area contributed by atoms with Crippen molar-refractivity contribution in [3.8, 4) is 17.2 Å². The van der Waals surface area contributed by atoms with Gasteiger partial charge in [-0.25, -0.2) is 0 Å². The predicted octanol–water partition coefficient (Wildman–Crippen LogP) is 3.65. The molecule has 0 saturated carbocycles. The number of amides is 1. The normalized spacial score (nSPS) is 10.3. The lowest BCUT2D eigenvalue weighted by Gasteiger charge is -2.13. The van der Waals surface area contributed by atoms with Gasteiger partial charge in [-0.15, -0.1) is 0 Å². The average molecular weight is 364 g/mol. The van der Waals surface area contributed by atoms with Crippen LogP contribution in [0.2, 0.25) is 5.02 Å². The Labute approximate surface area is 152 Å². The maximum absolute atomic E-state index is 12.4. The van der Waals surface area contributed by atoms with E-state index in [1.165, 1.54) is 14.2 Å². The number of benzene rings is 2. The molecule has 1 amide bonds. The highest BCUT2D eigenvalue weighted by atomic mass is 35.5. The van der Waals surface area contributed by atoms with E-state index in [1.54, 1.807) is 19.2 Å². The van der Waals surface area contributed by atoms with Crippen LogP contribution in [0.1, 0.15) is 21.5 Å². The minimum Gasteiger partial charge on any atom is -0.496 e. The molecule has 0 unspecified atom stereocenters. The van der Waals surface area contributed by atoms with Gasteiger partial charge in [-0.1, -0.05) is 29.3 Å². The summed E-state index contributed by atoms with van der Waals surface area (Å²) >= 11 is 6.14. The molecule has 0 fully saturated rings. The predicted molar refractivity (Wildman–Crippen MR) is 98.3 cm³/mol. The summed E-state index contributed by atoms with van der Waals surface area (Å²) in [5, 5.41) is 3.21. The van der Waals surface area contributed by atoms with Gasteiger partial charge < -0.3 is 19.5 Å². The van der Waals surface area contributed by atoms with E-state index in [1.807, 2.05) is 19.1 Å². The Morgan fingerprint density at radius 2 is 1.76 bits per heavy atom. The maximum atomic E-state index is 12.4. The Bertz CT molecular complexity index is 761. The van der Waals surface area contributed by atoms with Crippen LogP contribution in [0.25, 0.3) is 0 Å². The van der Waals surface area contributed by atoms with Gasteiger partial charge in [0.1, 0.15) is 5.75 Å². The molecule has 0 aliphatic rings. The van der Waals surface area contributed by atoms with E-state index in [0.717, 1.165) is 16.9 Å². The largest absolute Gasteiger partial charge is 0.496 e. The first kappa shape index (κ1) is 18.9. The number of methoxy groups -OCH3 is 3. The van der Waals surface area contributed by atoms with Crippen LogP contribution in [0.3, 0.4) is 0 Å². The summed E-state index contributed by atoms with van der Waals surface area (Å²) in [5.41, 5.74) is 2.61. The zero-order valence-electron chi connectivity index (χ0n) is 14.8. The summed E-state index contributed by atoms with van der Waals surface area (Å²) in [5.74, 6) is 1.41. The fraction of sp³-hybridized carbons (Fsp3) is 0.316. The minimum atomic E-state index is -0.227. The van der Waals surface area contributed by atoms with Gasteiger partial charge in [-0.05, 0) is 37.1 Å². The SMILES string of the molecule is COc1ccc(C)cc1CCNC(=O)c1cc(Cl)c(OC)c(OC)c1. The third-order valence-electron chi connectivity index (χ3n) is 3.81. The monoisotopic (exact) mass is 363 g/mol. The Morgan fingerprint density at radius 1 is 1.04 bits per heavy atom. The molecule has 134 valence electrons. The molecule has 0 radical (unpaired) electrons. The molecule has 0 heterocycles. The van der Waals surface area contributed by atoms with Gasteiger partial charge in [0.05, 0.1) is 26.4 Å². The van der Waals surface area contributed by atoms with Gasteiger partial charge in [-0.3, -0.25) is 4.79 Å². The summed E-state index contributed by atoms with van der Waals surface area (Å²) in [6.07, 6.45) is 0.664. The Kier molecular flexibility index (Phi) is 6.53. The van der Waals surface area contributed by atoms with Crippen LogP contribution in [-0.2, 0) is 6.42 Å². The van der Waals surface area contributed by atoms with Crippen LogP contribution >= 0.6 is 11.6 Å². The molecule has 0 spiro atoms. The zero-order valence-corrected chi connectivity index (χ0v) is 15.6. The second-order valence-electron chi connectivity index (χ2n) is 5.51. The molecule has 0 aliphatic heterocycles. The van der Waals surface area contributed by atoms with Crippen molar-refractivity contribution in [2.75, 3.05) is 27.9 Å². The molecule has 0 aliphatic carbocycles. The third-order valence-corrected chi connectivity index (χ3v) is 4.09. The summed E-state index contributed by atoms with van der Waals surface area (Å²) in [6, 6.07) is 9.14. The number of carbonyl (C=O) groups is 1. The van der Waals surface area contributed by atoms with Crippen LogP contribution in [-0.4, -0.2) is 33.8 Å². The highest BCUT2D eigenvalue weighted by Crippen LogP contribution is 2.35. The van der Waals surface area contributed by atoms with Gasteiger partial charge in [0.25, 0.3) is 5.91 Å². The number of rotatable bonds is 7. The van der Waals surface area contributed by atoms with Crippen molar-refractivity contribution in [3.05, 3.63) is 52.0 Å². The maximum Gasteiger partial charge on any atom is 0.251 e. The third kappa shape index (κ3) is 4.57. The van der Waals surface area contributed by atoms with Crippen LogP contribution in [0.15, 0.2) is 30.3 Å². The first-order chi connectivity index (χ1) is 12.0. The standard InChI is InChI=1S/C19H22ClNO4/c1-12-5-6-16(23-2)13(9-12)7-8-21-19(22)14-10-15(20)18(25-4)17(11-14)24-3/h5-6,9-11H,7-8H2,1-4H3,(H,21,22). The van der Waals surface area contributed by atoms with Crippen molar-refractivity contribution in [1.82, 2.24) is 5.32 Å². The molecule has 1 N–H and O–H groups in total. The Morgan fingerprint density at radius 3 is 2.40 bits per heavy atom. The molecule has 5 nitrogen and oxygen atoms in total. The lowest BCUT2D eigenvalue weighted by Crippen LogP contribution is -2.25. The fourth-order valence-electron chi connectivity index (χ4n) is 2.56. The molecule has 0 aromatic heterocycles. The number of carbonyl (C=O) groups excluding carboxylic acids is 1. The van der Waals surface area contributed by atoms with Gasteiger partial charge in [0, 0.05) is 12.1 Å². The molecular formula is C19H22ClNO4. The summed E-state index contributed by atoms with van der Waals surface area (Å²) in [6.45, 7) is 2.50. The smallest absolute Gasteiger partial charge is 0.251 e. The summed E-state index contributed by atoms with van der Waals surface area (Å²) < 4.78 is 15.7. The molecule has 2 aromatic carbocycles. The van der Waals surface area contributed by atoms with Crippen molar-refractivity contribution in [3.63, 3.8) is 0 Å². The second kappa shape index (κ2) is 8.62. The Balaban J connectivity index is 2.06. The molecule has 25 heavy (non-hydrogen) atoms. The second-order valence-corrected chi connectivity index (χ2v) is 5.92. The minimum absolute atomic E-state index is 0.227. The van der Waals surface area contributed by atoms with Crippen molar-refractivity contribution in [2.45, 2.75) is 13.3 Å². The quantitative estimate of drug-likeness (QED) is 0.815. The lowest BCUT2D eigenvalue weighted by atomic mass is 10.1. The average Bonchev–Trinajstić information content (AvgIpc) is 2.61. The highest BCUT2D eigenvalue weighted by molar-refractivity contribution is 6.32. The number of hydrogen-bond donors (Lipinski definition) is 1. The number of nitrogens with one attached hydrogen (secondary N) is 1. The number of aryl methyl sites for hydroxylation is 1. The van der Waals surface area contributed by atoms with E-state index in [2.05, 4.69) is 11.4 Å². The molecular weight excluding hydrogens is 342 g/mol. The number of hydrogen-bond acceptors (Lipinski definition) is 4. The van der Waals surface area contributed by atoms with E-state index in [4.69, 9.17) is 25.8 Å². The van der Waals surface area contributed by atoms with Gasteiger partial charge in [0.15, 0.2) is 11.5 Å². The van der Waals surface area contributed by atoms with Gasteiger partial charge in [0.2, 0.25) is 0 Å². The van der Waals surface area contributed by atoms with Crippen LogP contribution in [0.5, 0.6) is 17.2 Å². The van der Waals surface area contributed by atoms with Crippen molar-refractivity contribution in [2.24, 2.45) is 0 Å². The molecule has 0 saturated heterocycles. The highest BCUT2D eigenvalue weighted by Gasteiger charge is 2.15. The summed E-state index contributed by atoms with van der Waals surface area (Å²) in [4.78, 5) is 12.4. The zero-order chi connectivity index (χ0) is 18.4. The van der Waals surface area contributed by atoms with Crippen LogP contribution in [0, 0.1) is 6.92 Å². The molecule has 2 aromatic rings. The number of ether oxygens (including phenoxy) is 3. The molecule has 6 heteroatoms. The van der Waals surface area contributed by atoms with Crippen molar-refractivity contribution >= 4 is 17.5 Å².